The summed E-state index contributed by atoms with van der Waals surface area (Å²) in [4.78, 5) is 38.9. The van der Waals surface area contributed by atoms with E-state index in [1.54, 1.807) is 43.4 Å². The molecule has 0 radical (unpaired) electrons. The Morgan fingerprint density at radius 3 is 2.29 bits per heavy atom. The van der Waals surface area contributed by atoms with E-state index in [0.29, 0.717) is 22.1 Å². The molecule has 1 aliphatic heterocycles. The van der Waals surface area contributed by atoms with Crippen molar-refractivity contribution in [1.29, 1.82) is 0 Å². The minimum atomic E-state index is -0.433. The van der Waals surface area contributed by atoms with Crippen LogP contribution in [0.5, 0.6) is 0 Å². The molecule has 0 saturated heterocycles. The fourth-order valence-electron chi connectivity index (χ4n) is 3.55. The number of hydrogen-bond donors (Lipinski definition) is 1. The monoisotopic (exact) mass is 374 g/mol. The van der Waals surface area contributed by atoms with Crippen LogP contribution in [0, 0.1) is 0 Å². The number of nitrogens with one attached hydrogen (secondary N) is 1. The van der Waals surface area contributed by atoms with Crippen molar-refractivity contribution in [3.05, 3.63) is 76.9 Å². The summed E-state index contributed by atoms with van der Waals surface area (Å²) in [5.74, 6) is -1.08. The van der Waals surface area contributed by atoms with Crippen LogP contribution in [0.25, 0.3) is 10.8 Å². The first-order valence-corrected chi connectivity index (χ1v) is 8.82. The lowest BCUT2D eigenvalue weighted by atomic mass is 9.92. The fourth-order valence-corrected chi connectivity index (χ4v) is 3.55. The van der Waals surface area contributed by atoms with Gasteiger partial charge in [-0.15, -0.1) is 0 Å². The van der Waals surface area contributed by atoms with Gasteiger partial charge in [0.1, 0.15) is 0 Å². The number of ether oxygens (including phenoxy) is 1. The molecule has 0 aliphatic carbocycles. The zero-order valence-electron chi connectivity index (χ0n) is 15.5. The Bertz CT molecular complexity index is 1100. The third-order valence-corrected chi connectivity index (χ3v) is 4.98. The van der Waals surface area contributed by atoms with Crippen LogP contribution >= 0.6 is 0 Å². The van der Waals surface area contributed by atoms with Crippen LogP contribution in [-0.2, 0) is 11.3 Å². The first-order valence-electron chi connectivity index (χ1n) is 8.82. The van der Waals surface area contributed by atoms with E-state index in [-0.39, 0.29) is 18.4 Å². The van der Waals surface area contributed by atoms with Crippen LogP contribution in [0.4, 0.5) is 5.69 Å². The number of hydrogen-bond acceptors (Lipinski definition) is 5. The summed E-state index contributed by atoms with van der Waals surface area (Å²) in [7, 11) is 3.12. The number of amides is 2. The van der Waals surface area contributed by atoms with Gasteiger partial charge in [-0.1, -0.05) is 24.3 Å². The molecule has 1 heterocycles. The molecule has 0 fully saturated rings. The van der Waals surface area contributed by atoms with Gasteiger partial charge in [0.25, 0.3) is 11.8 Å². The smallest absolute Gasteiger partial charge is 0.337 e. The summed E-state index contributed by atoms with van der Waals surface area (Å²) in [6.07, 6.45) is 0. The molecule has 3 aromatic rings. The van der Waals surface area contributed by atoms with Crippen LogP contribution in [0.2, 0.25) is 0 Å². The van der Waals surface area contributed by atoms with Gasteiger partial charge < -0.3 is 10.1 Å². The van der Waals surface area contributed by atoms with Crippen molar-refractivity contribution in [3.63, 3.8) is 0 Å². The first kappa shape index (κ1) is 17.7. The highest BCUT2D eigenvalue weighted by Crippen LogP contribution is 2.34. The number of imide groups is 1. The minimum Gasteiger partial charge on any atom is -0.465 e. The molecule has 0 atom stereocenters. The van der Waals surface area contributed by atoms with E-state index in [4.69, 9.17) is 0 Å². The number of rotatable bonds is 4. The van der Waals surface area contributed by atoms with E-state index in [1.165, 1.54) is 12.0 Å². The van der Waals surface area contributed by atoms with E-state index in [0.717, 1.165) is 16.6 Å². The zero-order valence-corrected chi connectivity index (χ0v) is 15.5. The topological polar surface area (TPSA) is 75.7 Å². The second kappa shape index (κ2) is 6.81. The molecule has 28 heavy (non-hydrogen) atoms. The van der Waals surface area contributed by atoms with E-state index in [1.807, 2.05) is 18.2 Å². The summed E-state index contributed by atoms with van der Waals surface area (Å²) in [5, 5.41) is 4.63. The standard InChI is InChI=1S/C22H18N2O4/c1-23-18-11-10-17-19-15(18)4-3-5-16(19)20(25)24(21(17)26)12-13-6-8-14(9-7-13)22(27)28-2/h3-11,23H,12H2,1-2H3. The predicted molar refractivity (Wildman–Crippen MR) is 105 cm³/mol. The molecule has 6 heteroatoms. The maximum Gasteiger partial charge on any atom is 0.337 e. The van der Waals surface area contributed by atoms with Gasteiger partial charge in [0.2, 0.25) is 0 Å². The largest absolute Gasteiger partial charge is 0.465 e. The molecule has 4 rings (SSSR count). The van der Waals surface area contributed by atoms with E-state index < -0.39 is 5.97 Å². The molecule has 2 amide bonds. The molecule has 1 aliphatic rings. The van der Waals surface area contributed by atoms with Crippen molar-refractivity contribution in [1.82, 2.24) is 4.90 Å². The summed E-state index contributed by atoms with van der Waals surface area (Å²) in [5.41, 5.74) is 3.05. The van der Waals surface area contributed by atoms with Crippen LogP contribution in [0.15, 0.2) is 54.6 Å². The Morgan fingerprint density at radius 1 is 0.964 bits per heavy atom. The number of anilines is 1. The highest BCUT2D eigenvalue weighted by molar-refractivity contribution is 6.26. The van der Waals surface area contributed by atoms with Gasteiger partial charge in [0.15, 0.2) is 0 Å². The Balaban J connectivity index is 1.72. The molecular formula is C22H18N2O4. The Hall–Kier alpha value is -3.67. The molecule has 0 unspecified atom stereocenters. The Labute approximate surface area is 161 Å². The summed E-state index contributed by atoms with van der Waals surface area (Å²) >= 11 is 0. The predicted octanol–water partition coefficient (Wildman–Crippen LogP) is 3.46. The number of benzene rings is 3. The molecular weight excluding hydrogens is 356 g/mol. The molecule has 6 nitrogen and oxygen atoms in total. The van der Waals surface area contributed by atoms with Gasteiger partial charge in [-0.25, -0.2) is 4.79 Å². The van der Waals surface area contributed by atoms with Crippen LogP contribution in [-0.4, -0.2) is 36.8 Å². The van der Waals surface area contributed by atoms with Gasteiger partial charge in [0.05, 0.1) is 19.2 Å². The maximum absolute atomic E-state index is 13.0. The molecule has 1 N–H and O–H groups in total. The van der Waals surface area contributed by atoms with Crippen molar-refractivity contribution in [3.8, 4) is 0 Å². The molecule has 0 spiro atoms. The van der Waals surface area contributed by atoms with E-state index in [2.05, 4.69) is 10.1 Å². The van der Waals surface area contributed by atoms with Gasteiger partial charge >= 0.3 is 5.97 Å². The maximum atomic E-state index is 13.0. The fraction of sp³-hybridized carbons (Fsp3) is 0.136. The van der Waals surface area contributed by atoms with Gasteiger partial charge in [-0.2, -0.15) is 0 Å². The van der Waals surface area contributed by atoms with Crippen LogP contribution < -0.4 is 5.32 Å². The lowest BCUT2D eigenvalue weighted by molar-refractivity contribution is 0.0585. The van der Waals surface area contributed by atoms with Crippen molar-refractivity contribution < 1.29 is 19.1 Å². The van der Waals surface area contributed by atoms with Gasteiger partial charge in [-0.3, -0.25) is 14.5 Å². The molecule has 0 bridgehead atoms. The van der Waals surface area contributed by atoms with Crippen molar-refractivity contribution in [2.24, 2.45) is 0 Å². The normalized spacial score (nSPS) is 13.0. The zero-order chi connectivity index (χ0) is 19.8. The minimum absolute atomic E-state index is 0.128. The third kappa shape index (κ3) is 2.70. The average Bonchev–Trinajstić information content (AvgIpc) is 2.74. The van der Waals surface area contributed by atoms with Crippen molar-refractivity contribution in [2.45, 2.75) is 6.54 Å². The highest BCUT2D eigenvalue weighted by atomic mass is 16.5. The quantitative estimate of drug-likeness (QED) is 0.559. The Kier molecular flexibility index (Phi) is 4.31. The number of carbonyl (C=O) groups excluding carboxylic acids is 3. The number of carbonyl (C=O) groups is 3. The number of esters is 1. The van der Waals surface area contributed by atoms with Crippen molar-refractivity contribution in [2.75, 3.05) is 19.5 Å². The van der Waals surface area contributed by atoms with Crippen LogP contribution in [0.3, 0.4) is 0 Å². The summed E-state index contributed by atoms with van der Waals surface area (Å²) in [6, 6.07) is 15.7. The van der Waals surface area contributed by atoms with E-state index in [9.17, 15) is 14.4 Å². The summed E-state index contributed by atoms with van der Waals surface area (Å²) in [6.45, 7) is 0.128. The second-order valence-electron chi connectivity index (χ2n) is 6.52. The first-order chi connectivity index (χ1) is 13.5. The van der Waals surface area contributed by atoms with Gasteiger partial charge in [0, 0.05) is 34.6 Å². The third-order valence-electron chi connectivity index (χ3n) is 4.98. The summed E-state index contributed by atoms with van der Waals surface area (Å²) < 4.78 is 4.69. The Morgan fingerprint density at radius 2 is 1.64 bits per heavy atom. The molecule has 0 aromatic heterocycles. The SMILES string of the molecule is CNc1ccc2c3c(cccc13)C(=O)N(Cc1ccc(C(=O)OC)cc1)C2=O. The molecule has 0 saturated carbocycles. The lowest BCUT2D eigenvalue weighted by Crippen LogP contribution is -2.39. The average molecular weight is 374 g/mol. The number of nitrogens with zero attached hydrogens (tertiary/aromatic N) is 1. The van der Waals surface area contributed by atoms with E-state index >= 15 is 0 Å². The lowest BCUT2D eigenvalue weighted by Gasteiger charge is -2.28. The van der Waals surface area contributed by atoms with Crippen LogP contribution in [0.1, 0.15) is 36.6 Å². The number of methoxy groups -OCH3 is 1. The van der Waals surface area contributed by atoms with Crippen molar-refractivity contribution >= 4 is 34.2 Å². The highest BCUT2D eigenvalue weighted by Gasteiger charge is 2.33. The molecule has 3 aromatic carbocycles. The second-order valence-corrected chi connectivity index (χ2v) is 6.52. The van der Waals surface area contributed by atoms with Gasteiger partial charge in [-0.05, 0) is 35.9 Å². The molecule has 140 valence electrons.